The first kappa shape index (κ1) is 13.2. The fourth-order valence-electron chi connectivity index (χ4n) is 2.39. The van der Waals surface area contributed by atoms with Crippen LogP contribution >= 0.6 is 0 Å². The van der Waals surface area contributed by atoms with Crippen molar-refractivity contribution in [2.45, 2.75) is 6.92 Å². The summed E-state index contributed by atoms with van der Waals surface area (Å²) in [6, 6.07) is 7.19. The summed E-state index contributed by atoms with van der Waals surface area (Å²) in [6.45, 7) is 1.87. The van der Waals surface area contributed by atoms with Crippen molar-refractivity contribution < 1.29 is 19.1 Å². The van der Waals surface area contributed by atoms with Crippen molar-refractivity contribution in [2.24, 2.45) is 7.05 Å². The number of aromatic carboxylic acids is 1. The number of nitrogens with zero attached hydrogens (tertiary/aromatic N) is 2. The van der Waals surface area contributed by atoms with Gasteiger partial charge in [0.15, 0.2) is 17.0 Å². The molecule has 0 saturated heterocycles. The summed E-state index contributed by atoms with van der Waals surface area (Å²) in [6.07, 6.45) is 0. The largest absolute Gasteiger partial charge is 0.493 e. The Morgan fingerprint density at radius 3 is 2.71 bits per heavy atom. The van der Waals surface area contributed by atoms with Crippen molar-refractivity contribution in [2.75, 3.05) is 7.11 Å². The lowest BCUT2D eigenvalue weighted by atomic mass is 10.1. The van der Waals surface area contributed by atoms with Crippen LogP contribution in [0.4, 0.5) is 0 Å². The van der Waals surface area contributed by atoms with Crippen molar-refractivity contribution in [1.29, 1.82) is 0 Å². The molecule has 0 aliphatic heterocycles. The van der Waals surface area contributed by atoms with Gasteiger partial charge in [0.05, 0.1) is 12.8 Å². The zero-order valence-corrected chi connectivity index (χ0v) is 11.9. The smallest absolute Gasteiger partial charge is 0.356 e. The van der Waals surface area contributed by atoms with Gasteiger partial charge in [-0.15, -0.1) is 0 Å². The molecule has 1 aromatic carbocycles. The summed E-state index contributed by atoms with van der Waals surface area (Å²) >= 11 is 0. The SMILES string of the molecule is COc1cc(-c2cc(C(=O)O)nn2C)cc2cc(C)oc12. The molecule has 0 spiro atoms. The zero-order valence-electron chi connectivity index (χ0n) is 11.9. The van der Waals surface area contributed by atoms with Crippen LogP contribution in [0.5, 0.6) is 5.75 Å². The zero-order chi connectivity index (χ0) is 15.1. The lowest BCUT2D eigenvalue weighted by Crippen LogP contribution is -1.99. The minimum atomic E-state index is -1.05. The van der Waals surface area contributed by atoms with Crippen molar-refractivity contribution in [3.63, 3.8) is 0 Å². The molecule has 6 heteroatoms. The van der Waals surface area contributed by atoms with E-state index in [1.54, 1.807) is 14.2 Å². The number of carbonyl (C=O) groups is 1. The van der Waals surface area contributed by atoms with Crippen LogP contribution in [0.15, 0.2) is 28.7 Å². The third kappa shape index (κ3) is 2.14. The maximum absolute atomic E-state index is 11.0. The molecule has 0 fully saturated rings. The number of furan rings is 1. The number of fused-ring (bicyclic) bond motifs is 1. The van der Waals surface area contributed by atoms with Crippen molar-refractivity contribution in [3.05, 3.63) is 35.7 Å². The number of carboxylic acids is 1. The molecule has 0 aliphatic carbocycles. The lowest BCUT2D eigenvalue weighted by Gasteiger charge is -2.06. The first-order chi connectivity index (χ1) is 9.99. The van der Waals surface area contributed by atoms with Crippen LogP contribution in [0.2, 0.25) is 0 Å². The van der Waals surface area contributed by atoms with E-state index in [0.717, 1.165) is 16.7 Å². The van der Waals surface area contributed by atoms with Gasteiger partial charge in [-0.25, -0.2) is 4.79 Å². The van der Waals surface area contributed by atoms with Gasteiger partial charge >= 0.3 is 5.97 Å². The maximum atomic E-state index is 11.0. The van der Waals surface area contributed by atoms with Gasteiger partial charge in [0.25, 0.3) is 0 Å². The van der Waals surface area contributed by atoms with Gasteiger partial charge in [0.1, 0.15) is 5.76 Å². The van der Waals surface area contributed by atoms with E-state index >= 15 is 0 Å². The van der Waals surface area contributed by atoms with E-state index in [1.807, 2.05) is 25.1 Å². The Bertz CT molecular complexity index is 845. The first-order valence-electron chi connectivity index (χ1n) is 6.35. The highest BCUT2D eigenvalue weighted by atomic mass is 16.5. The fraction of sp³-hybridized carbons (Fsp3) is 0.200. The molecule has 0 radical (unpaired) electrons. The van der Waals surface area contributed by atoms with Crippen LogP contribution in [0.25, 0.3) is 22.2 Å². The third-order valence-electron chi connectivity index (χ3n) is 3.32. The molecule has 6 nitrogen and oxygen atoms in total. The van der Waals surface area contributed by atoms with Crippen LogP contribution in [-0.2, 0) is 7.05 Å². The van der Waals surface area contributed by atoms with Crippen LogP contribution < -0.4 is 4.74 Å². The second-order valence-electron chi connectivity index (χ2n) is 4.80. The Hall–Kier alpha value is -2.76. The van der Waals surface area contributed by atoms with E-state index < -0.39 is 5.97 Å². The molecule has 3 aromatic rings. The van der Waals surface area contributed by atoms with Gasteiger partial charge in [0.2, 0.25) is 0 Å². The van der Waals surface area contributed by atoms with Crippen molar-refractivity contribution in [1.82, 2.24) is 9.78 Å². The number of hydrogen-bond donors (Lipinski definition) is 1. The van der Waals surface area contributed by atoms with Crippen LogP contribution in [0.1, 0.15) is 16.2 Å². The molecule has 2 aromatic heterocycles. The van der Waals surface area contributed by atoms with Gasteiger partial charge in [-0.3, -0.25) is 4.68 Å². The van der Waals surface area contributed by atoms with Crippen LogP contribution in [0.3, 0.4) is 0 Å². The highest BCUT2D eigenvalue weighted by Gasteiger charge is 2.16. The standard InChI is InChI=1S/C15H14N2O4/c1-8-4-10-5-9(6-13(20-3)14(10)21-8)12-7-11(15(18)19)16-17(12)2/h4-7H,1-3H3,(H,18,19). The second kappa shape index (κ2) is 4.66. The number of aromatic nitrogens is 2. The van der Waals surface area contributed by atoms with E-state index in [-0.39, 0.29) is 5.69 Å². The van der Waals surface area contributed by atoms with Gasteiger partial charge in [-0.1, -0.05) is 0 Å². The molecule has 0 amide bonds. The summed E-state index contributed by atoms with van der Waals surface area (Å²) in [5, 5.41) is 13.9. The van der Waals surface area contributed by atoms with E-state index in [1.165, 1.54) is 10.7 Å². The minimum absolute atomic E-state index is 0.00920. The Labute approximate surface area is 120 Å². The van der Waals surface area contributed by atoms with Gasteiger partial charge in [-0.2, -0.15) is 5.10 Å². The Morgan fingerprint density at radius 2 is 2.10 bits per heavy atom. The molecule has 2 heterocycles. The number of methoxy groups -OCH3 is 1. The Kier molecular flexibility index (Phi) is 2.94. The third-order valence-corrected chi connectivity index (χ3v) is 3.32. The topological polar surface area (TPSA) is 77.5 Å². The Morgan fingerprint density at radius 1 is 1.33 bits per heavy atom. The van der Waals surface area contributed by atoms with Crippen molar-refractivity contribution in [3.8, 4) is 17.0 Å². The molecule has 0 unspecified atom stereocenters. The molecule has 0 aliphatic rings. The first-order valence-corrected chi connectivity index (χ1v) is 6.35. The Balaban J connectivity index is 2.22. The average Bonchev–Trinajstić information content (AvgIpc) is 2.99. The molecular formula is C15H14N2O4. The number of hydrogen-bond acceptors (Lipinski definition) is 4. The molecule has 3 rings (SSSR count). The lowest BCUT2D eigenvalue weighted by molar-refractivity contribution is 0.0689. The van der Waals surface area contributed by atoms with E-state index in [0.29, 0.717) is 17.0 Å². The monoisotopic (exact) mass is 286 g/mol. The van der Waals surface area contributed by atoms with Gasteiger partial charge < -0.3 is 14.3 Å². The summed E-state index contributed by atoms with van der Waals surface area (Å²) in [5.74, 6) is 0.342. The quantitative estimate of drug-likeness (QED) is 0.801. The molecule has 0 atom stereocenters. The predicted octanol–water partition coefficient (Wildman–Crippen LogP) is 2.85. The van der Waals surface area contributed by atoms with E-state index in [2.05, 4.69) is 5.10 Å². The van der Waals surface area contributed by atoms with Crippen LogP contribution in [-0.4, -0.2) is 28.0 Å². The molecule has 108 valence electrons. The van der Waals surface area contributed by atoms with Crippen molar-refractivity contribution >= 4 is 16.9 Å². The fourth-order valence-corrected chi connectivity index (χ4v) is 2.39. The average molecular weight is 286 g/mol. The molecule has 0 bridgehead atoms. The molecule has 0 saturated carbocycles. The van der Waals surface area contributed by atoms with Crippen LogP contribution in [0, 0.1) is 6.92 Å². The van der Waals surface area contributed by atoms with Gasteiger partial charge in [-0.05, 0) is 31.2 Å². The molecule has 1 N–H and O–H groups in total. The number of benzene rings is 1. The molecular weight excluding hydrogens is 272 g/mol. The number of carboxylic acid groups (broad SMARTS) is 1. The summed E-state index contributed by atoms with van der Waals surface area (Å²) in [4.78, 5) is 11.0. The second-order valence-corrected chi connectivity index (χ2v) is 4.80. The van der Waals surface area contributed by atoms with E-state index in [4.69, 9.17) is 14.3 Å². The number of aryl methyl sites for hydroxylation is 2. The summed E-state index contributed by atoms with van der Waals surface area (Å²) in [7, 11) is 3.28. The number of rotatable bonds is 3. The highest BCUT2D eigenvalue weighted by molar-refractivity contribution is 5.91. The van der Waals surface area contributed by atoms with Gasteiger partial charge in [0, 0.05) is 18.0 Å². The van der Waals surface area contributed by atoms with E-state index in [9.17, 15) is 4.79 Å². The predicted molar refractivity (Wildman–Crippen MR) is 76.7 cm³/mol. The summed E-state index contributed by atoms with van der Waals surface area (Å²) in [5.41, 5.74) is 2.21. The highest BCUT2D eigenvalue weighted by Crippen LogP contribution is 2.34. The normalized spacial score (nSPS) is 11.0. The minimum Gasteiger partial charge on any atom is -0.493 e. The number of ether oxygens (including phenoxy) is 1. The summed E-state index contributed by atoms with van der Waals surface area (Å²) < 4.78 is 12.5. The molecule has 21 heavy (non-hydrogen) atoms. The maximum Gasteiger partial charge on any atom is 0.356 e.